The third-order valence-corrected chi connectivity index (χ3v) is 7.86. The Hall–Kier alpha value is 0.200. The van der Waals surface area contributed by atoms with Gasteiger partial charge in [0.2, 0.25) is 0 Å². The summed E-state index contributed by atoms with van der Waals surface area (Å²) in [6.45, 7) is 11.3. The van der Waals surface area contributed by atoms with Gasteiger partial charge in [0.05, 0.1) is 0 Å². The maximum Gasteiger partial charge on any atom is 0.123 e. The predicted octanol–water partition coefficient (Wildman–Crippen LogP) is 6.79. The van der Waals surface area contributed by atoms with E-state index in [9.17, 15) is 5.11 Å². The molecule has 0 aliphatic heterocycles. The maximum atomic E-state index is 11.1. The largest absolute Gasteiger partial charge is 0.507 e. The number of aromatic hydroxyl groups is 1. The highest BCUT2D eigenvalue weighted by molar-refractivity contribution is 9.08. The second kappa shape index (κ2) is 6.62. The molecule has 0 aromatic heterocycles. The lowest BCUT2D eigenvalue weighted by molar-refractivity contribution is 0.123. The van der Waals surface area contributed by atoms with Crippen molar-refractivity contribution in [2.75, 3.05) is 0 Å². The summed E-state index contributed by atoms with van der Waals surface area (Å²) in [5.41, 5.74) is 3.42. The molecule has 2 bridgehead atoms. The molecular formula is C22H33BrOS2. The van der Waals surface area contributed by atoms with Crippen molar-refractivity contribution >= 4 is 41.2 Å². The van der Waals surface area contributed by atoms with Gasteiger partial charge in [0.25, 0.3) is 0 Å². The fourth-order valence-electron chi connectivity index (χ4n) is 5.69. The van der Waals surface area contributed by atoms with Crippen molar-refractivity contribution in [2.45, 2.75) is 92.4 Å². The van der Waals surface area contributed by atoms with Crippen LogP contribution in [0, 0.1) is 5.92 Å². The van der Waals surface area contributed by atoms with Crippen molar-refractivity contribution in [3.8, 4) is 5.75 Å². The topological polar surface area (TPSA) is 20.2 Å². The van der Waals surface area contributed by atoms with Crippen LogP contribution in [0.4, 0.5) is 0 Å². The fraction of sp³-hybridized carbons (Fsp3) is 0.727. The van der Waals surface area contributed by atoms with Crippen molar-refractivity contribution in [1.82, 2.24) is 0 Å². The molecule has 0 saturated heterocycles. The van der Waals surface area contributed by atoms with E-state index in [2.05, 4.69) is 62.7 Å². The smallest absolute Gasteiger partial charge is 0.123 e. The number of hydrogen-bond donors (Lipinski definition) is 3. The first-order valence-electron chi connectivity index (χ1n) is 9.65. The van der Waals surface area contributed by atoms with Crippen LogP contribution in [-0.2, 0) is 16.2 Å². The number of halogens is 1. The summed E-state index contributed by atoms with van der Waals surface area (Å²) in [6.07, 6.45) is 5.45. The van der Waals surface area contributed by atoms with Crippen LogP contribution < -0.4 is 0 Å². The average Bonchev–Trinajstić information content (AvgIpc) is 2.41. The van der Waals surface area contributed by atoms with E-state index in [4.69, 9.17) is 25.3 Å². The summed E-state index contributed by atoms with van der Waals surface area (Å²) < 4.78 is 0.0769. The van der Waals surface area contributed by atoms with E-state index < -0.39 is 0 Å². The molecule has 0 heterocycles. The summed E-state index contributed by atoms with van der Waals surface area (Å²) in [7, 11) is 0. The number of benzene rings is 1. The second-order valence-corrected chi connectivity index (χ2v) is 13.1. The molecule has 4 unspecified atom stereocenters. The Labute approximate surface area is 178 Å². The molecule has 4 atom stereocenters. The molecule has 26 heavy (non-hydrogen) atoms. The highest BCUT2D eigenvalue weighted by atomic mass is 79.9. The molecular weight excluding hydrogens is 424 g/mol. The van der Waals surface area contributed by atoms with Crippen LogP contribution in [0.2, 0.25) is 0 Å². The summed E-state index contributed by atoms with van der Waals surface area (Å²) in [5.74, 6) is 1.09. The Kier molecular flexibility index (Phi) is 5.33. The van der Waals surface area contributed by atoms with E-state index in [-0.39, 0.29) is 20.3 Å². The first kappa shape index (κ1) is 20.9. The molecule has 3 rings (SSSR count). The monoisotopic (exact) mass is 456 g/mol. The molecule has 2 fully saturated rings. The molecule has 2 aliphatic rings. The SMILES string of the molecule is CC1(S)CC2CC(S)(C1)CC(C)(c1cc(C(C)(C)C)cc(CBr)c1O)C2. The Morgan fingerprint density at radius 2 is 1.77 bits per heavy atom. The zero-order chi connectivity index (χ0) is 19.5. The molecule has 0 amide bonds. The van der Waals surface area contributed by atoms with Crippen LogP contribution in [0.15, 0.2) is 12.1 Å². The molecule has 4 heteroatoms. The fourth-order valence-corrected chi connectivity index (χ4v) is 7.76. The lowest BCUT2D eigenvalue weighted by Gasteiger charge is -2.55. The molecule has 0 radical (unpaired) electrons. The van der Waals surface area contributed by atoms with Crippen molar-refractivity contribution in [3.63, 3.8) is 0 Å². The molecule has 1 aromatic rings. The first-order valence-corrected chi connectivity index (χ1v) is 11.7. The lowest BCUT2D eigenvalue weighted by atomic mass is 9.56. The van der Waals surface area contributed by atoms with Gasteiger partial charge in [0, 0.05) is 26.0 Å². The standard InChI is InChI=1S/C22H33BrOS2/c1-19(2,3)16-6-15(11-23)18(24)17(7-16)20(4)8-14-9-21(5,25)13-22(26,10-14)12-20/h6-7,14,24-26H,8-13H2,1-5H3. The van der Waals surface area contributed by atoms with E-state index in [1.165, 1.54) is 12.0 Å². The maximum absolute atomic E-state index is 11.1. The average molecular weight is 458 g/mol. The van der Waals surface area contributed by atoms with Crippen LogP contribution >= 0.6 is 41.2 Å². The highest BCUT2D eigenvalue weighted by Crippen LogP contribution is 2.59. The minimum absolute atomic E-state index is 0.00512. The predicted molar refractivity (Wildman–Crippen MR) is 122 cm³/mol. The van der Waals surface area contributed by atoms with Gasteiger partial charge >= 0.3 is 0 Å². The van der Waals surface area contributed by atoms with E-state index in [1.54, 1.807) is 0 Å². The van der Waals surface area contributed by atoms with Crippen molar-refractivity contribution < 1.29 is 5.11 Å². The first-order chi connectivity index (χ1) is 11.8. The molecule has 2 aliphatic carbocycles. The molecule has 1 aromatic carbocycles. The summed E-state index contributed by atoms with van der Waals surface area (Å²) in [4.78, 5) is 0. The minimum Gasteiger partial charge on any atom is -0.507 e. The van der Waals surface area contributed by atoms with Crippen LogP contribution in [0.5, 0.6) is 5.75 Å². The third-order valence-electron chi connectivity index (χ3n) is 6.41. The van der Waals surface area contributed by atoms with Gasteiger partial charge in [-0.3, -0.25) is 0 Å². The molecule has 1 nitrogen and oxygen atoms in total. The second-order valence-electron chi connectivity index (χ2n) is 10.5. The Morgan fingerprint density at radius 3 is 2.31 bits per heavy atom. The van der Waals surface area contributed by atoms with Crippen molar-refractivity contribution in [1.29, 1.82) is 0 Å². The van der Waals surface area contributed by atoms with E-state index in [0.29, 0.717) is 17.0 Å². The van der Waals surface area contributed by atoms with Crippen molar-refractivity contribution in [2.24, 2.45) is 5.92 Å². The Morgan fingerprint density at radius 1 is 1.12 bits per heavy atom. The molecule has 0 spiro atoms. The number of phenolic OH excluding ortho intramolecular Hbond substituents is 1. The van der Waals surface area contributed by atoms with Crippen LogP contribution in [0.1, 0.15) is 83.4 Å². The highest BCUT2D eigenvalue weighted by Gasteiger charge is 2.52. The molecule has 2 saturated carbocycles. The summed E-state index contributed by atoms with van der Waals surface area (Å²) >= 11 is 13.7. The summed E-state index contributed by atoms with van der Waals surface area (Å²) in [5, 5.41) is 11.8. The third kappa shape index (κ3) is 3.98. The zero-order valence-corrected chi connectivity index (χ0v) is 20.1. The number of thiol groups is 2. The van der Waals surface area contributed by atoms with Crippen LogP contribution in [0.3, 0.4) is 0 Å². The Bertz CT molecular complexity index is 707. The quantitative estimate of drug-likeness (QED) is 0.330. The van der Waals surface area contributed by atoms with Crippen LogP contribution in [-0.4, -0.2) is 14.6 Å². The Balaban J connectivity index is 2.08. The van der Waals surface area contributed by atoms with E-state index in [0.717, 1.165) is 36.8 Å². The minimum atomic E-state index is -0.0444. The van der Waals surface area contributed by atoms with Crippen LogP contribution in [0.25, 0.3) is 0 Å². The van der Waals surface area contributed by atoms with Gasteiger partial charge in [-0.05, 0) is 54.4 Å². The number of alkyl halides is 1. The van der Waals surface area contributed by atoms with Gasteiger partial charge in [0.1, 0.15) is 5.75 Å². The molecule has 146 valence electrons. The van der Waals surface area contributed by atoms with Gasteiger partial charge in [-0.15, -0.1) is 0 Å². The van der Waals surface area contributed by atoms with Gasteiger partial charge in [-0.25, -0.2) is 0 Å². The van der Waals surface area contributed by atoms with Gasteiger partial charge < -0.3 is 5.11 Å². The van der Waals surface area contributed by atoms with Crippen molar-refractivity contribution in [3.05, 3.63) is 28.8 Å². The number of fused-ring (bicyclic) bond motifs is 2. The van der Waals surface area contributed by atoms with Gasteiger partial charge in [-0.1, -0.05) is 62.7 Å². The normalized spacial score (nSPS) is 37.6. The number of hydrogen-bond acceptors (Lipinski definition) is 3. The van der Waals surface area contributed by atoms with Gasteiger partial charge in [0.15, 0.2) is 0 Å². The number of phenols is 1. The zero-order valence-electron chi connectivity index (χ0n) is 16.7. The van der Waals surface area contributed by atoms with E-state index >= 15 is 0 Å². The van der Waals surface area contributed by atoms with E-state index in [1.807, 2.05) is 0 Å². The number of rotatable bonds is 2. The lowest BCUT2D eigenvalue weighted by Crippen LogP contribution is -2.51. The molecule has 1 N–H and O–H groups in total. The van der Waals surface area contributed by atoms with Gasteiger partial charge in [-0.2, -0.15) is 25.3 Å². The summed E-state index contributed by atoms with van der Waals surface area (Å²) in [6, 6.07) is 4.42.